The van der Waals surface area contributed by atoms with Gasteiger partial charge in [-0.2, -0.15) is 0 Å². The van der Waals surface area contributed by atoms with E-state index in [9.17, 15) is 4.79 Å². The number of hydrogen-bond donors (Lipinski definition) is 0. The molecule has 1 heterocycles. The van der Waals surface area contributed by atoms with Crippen molar-refractivity contribution in [2.24, 2.45) is 0 Å². The summed E-state index contributed by atoms with van der Waals surface area (Å²) in [5, 5.41) is 0. The van der Waals surface area contributed by atoms with Crippen molar-refractivity contribution in [3.8, 4) is 0 Å². The summed E-state index contributed by atoms with van der Waals surface area (Å²) in [4.78, 5) is 11.9. The van der Waals surface area contributed by atoms with E-state index >= 15 is 0 Å². The predicted molar refractivity (Wildman–Crippen MR) is 67.1 cm³/mol. The Balaban J connectivity index is 1.67. The zero-order chi connectivity index (χ0) is 12.8. The zero-order valence-corrected chi connectivity index (χ0v) is 10.8. The molecule has 3 nitrogen and oxygen atoms in total. The first-order valence-corrected chi connectivity index (χ1v) is 6.55. The molecule has 3 heteroatoms. The molecule has 0 amide bonds. The number of hydrogen-bond acceptors (Lipinski definition) is 3. The molecule has 0 bridgehead atoms. The minimum absolute atomic E-state index is 0.129. The number of carbonyl (C=O) groups excluding carboxylic acids is 1. The van der Waals surface area contributed by atoms with E-state index in [-0.39, 0.29) is 12.1 Å². The highest BCUT2D eigenvalue weighted by atomic mass is 16.7. The first-order valence-electron chi connectivity index (χ1n) is 6.55. The molecule has 1 aliphatic heterocycles. The molecule has 0 radical (unpaired) electrons. The molecule has 1 aliphatic carbocycles. The Bertz CT molecular complexity index is 461. The van der Waals surface area contributed by atoms with Crippen LogP contribution in [0.5, 0.6) is 0 Å². The van der Waals surface area contributed by atoms with Gasteiger partial charge >= 0.3 is 5.97 Å². The van der Waals surface area contributed by atoms with Gasteiger partial charge in [0.25, 0.3) is 0 Å². The van der Waals surface area contributed by atoms with Gasteiger partial charge in [-0.3, -0.25) is 0 Å². The summed E-state index contributed by atoms with van der Waals surface area (Å²) in [5.74, 6) is -0.206. The molecule has 3 rings (SSSR count). The second-order valence-electron chi connectivity index (χ2n) is 5.46. The summed E-state index contributed by atoms with van der Waals surface area (Å²) in [5.41, 5.74) is 1.76. The topological polar surface area (TPSA) is 38.8 Å². The third-order valence-corrected chi connectivity index (χ3v) is 3.98. The van der Waals surface area contributed by atoms with Gasteiger partial charge in [-0.05, 0) is 38.7 Å². The van der Waals surface area contributed by atoms with Crippen LogP contribution in [0.4, 0.5) is 0 Å². The highest BCUT2D eigenvalue weighted by molar-refractivity contribution is 5.80. The quantitative estimate of drug-likeness (QED) is 0.608. The number of epoxide rings is 1. The molecular formula is C15H18O3. The van der Waals surface area contributed by atoms with Gasteiger partial charge in [0.1, 0.15) is 11.7 Å². The van der Waals surface area contributed by atoms with Gasteiger partial charge in [-0.15, -0.1) is 0 Å². The van der Waals surface area contributed by atoms with Gasteiger partial charge < -0.3 is 9.47 Å². The van der Waals surface area contributed by atoms with Crippen LogP contribution in [-0.2, 0) is 19.9 Å². The molecule has 0 spiro atoms. The maximum atomic E-state index is 11.9. The third-order valence-electron chi connectivity index (χ3n) is 3.98. The van der Waals surface area contributed by atoms with Gasteiger partial charge in [0.2, 0.25) is 0 Å². The minimum atomic E-state index is -0.492. The van der Waals surface area contributed by atoms with Crippen molar-refractivity contribution in [3.05, 3.63) is 35.4 Å². The molecule has 1 saturated heterocycles. The Morgan fingerprint density at radius 1 is 1.33 bits per heavy atom. The number of rotatable bonds is 3. The lowest BCUT2D eigenvalue weighted by Crippen LogP contribution is -2.29. The smallest absolute Gasteiger partial charge is 0.338 e. The second-order valence-corrected chi connectivity index (χ2v) is 5.46. The molecule has 1 saturated carbocycles. The lowest BCUT2D eigenvalue weighted by molar-refractivity contribution is -0.154. The Hall–Kier alpha value is -1.35. The number of carbonyl (C=O) groups is 1. The lowest BCUT2D eigenvalue weighted by atomic mass is 9.95. The van der Waals surface area contributed by atoms with E-state index in [0.29, 0.717) is 0 Å². The maximum absolute atomic E-state index is 11.9. The minimum Gasteiger partial charge on any atom is -0.460 e. The van der Waals surface area contributed by atoms with Gasteiger partial charge in [-0.1, -0.05) is 29.8 Å². The van der Waals surface area contributed by atoms with Crippen LogP contribution in [-0.4, -0.2) is 18.2 Å². The summed E-state index contributed by atoms with van der Waals surface area (Å²) in [6.45, 7) is 3.99. The fourth-order valence-corrected chi connectivity index (χ4v) is 2.30. The standard InChI is InChI=1S/C15H18O3/c1-10-6-8-11(9-7-10)15(2)13(18-15)14(16)17-12-4-3-5-12/h6-9,12-13H,3-5H2,1-2H3. The molecule has 18 heavy (non-hydrogen) atoms. The molecule has 2 aliphatic rings. The van der Waals surface area contributed by atoms with Crippen molar-refractivity contribution in [2.75, 3.05) is 0 Å². The summed E-state index contributed by atoms with van der Waals surface area (Å²) >= 11 is 0. The SMILES string of the molecule is Cc1ccc(C2(C)OC2C(=O)OC2CCC2)cc1. The van der Waals surface area contributed by atoms with Gasteiger partial charge in [0, 0.05) is 0 Å². The normalized spacial score (nSPS) is 30.7. The van der Waals surface area contributed by atoms with E-state index in [4.69, 9.17) is 9.47 Å². The van der Waals surface area contributed by atoms with Crippen LogP contribution >= 0.6 is 0 Å². The Morgan fingerprint density at radius 3 is 2.56 bits per heavy atom. The van der Waals surface area contributed by atoms with Crippen LogP contribution in [0, 0.1) is 6.92 Å². The van der Waals surface area contributed by atoms with Crippen molar-refractivity contribution in [3.63, 3.8) is 0 Å². The highest BCUT2D eigenvalue weighted by Gasteiger charge is 2.59. The first kappa shape index (κ1) is 11.7. The molecule has 2 atom stereocenters. The highest BCUT2D eigenvalue weighted by Crippen LogP contribution is 2.47. The lowest BCUT2D eigenvalue weighted by Gasteiger charge is -2.24. The van der Waals surface area contributed by atoms with E-state index in [1.807, 2.05) is 38.1 Å². The summed E-state index contributed by atoms with van der Waals surface area (Å²) in [6.07, 6.45) is 2.86. The van der Waals surface area contributed by atoms with E-state index in [1.54, 1.807) is 0 Å². The zero-order valence-electron chi connectivity index (χ0n) is 10.8. The van der Waals surface area contributed by atoms with E-state index in [1.165, 1.54) is 12.0 Å². The summed E-state index contributed by atoms with van der Waals surface area (Å²) in [7, 11) is 0. The fraction of sp³-hybridized carbons (Fsp3) is 0.533. The van der Waals surface area contributed by atoms with E-state index in [2.05, 4.69) is 0 Å². The number of benzene rings is 1. The largest absolute Gasteiger partial charge is 0.460 e. The van der Waals surface area contributed by atoms with Crippen molar-refractivity contribution >= 4 is 5.97 Å². The van der Waals surface area contributed by atoms with Crippen LogP contribution in [0.2, 0.25) is 0 Å². The molecule has 2 unspecified atom stereocenters. The van der Waals surface area contributed by atoms with Crippen LogP contribution in [0.15, 0.2) is 24.3 Å². The Morgan fingerprint density at radius 2 is 2.00 bits per heavy atom. The van der Waals surface area contributed by atoms with E-state index < -0.39 is 11.7 Å². The van der Waals surface area contributed by atoms with Gasteiger partial charge in [0.05, 0.1) is 0 Å². The molecule has 2 fully saturated rings. The molecule has 96 valence electrons. The molecular weight excluding hydrogens is 228 g/mol. The van der Waals surface area contributed by atoms with E-state index in [0.717, 1.165) is 18.4 Å². The van der Waals surface area contributed by atoms with Crippen LogP contribution in [0.1, 0.15) is 37.3 Å². The van der Waals surface area contributed by atoms with Gasteiger partial charge in [-0.25, -0.2) is 4.79 Å². The Kier molecular flexibility index (Phi) is 2.67. The Labute approximate surface area is 107 Å². The van der Waals surface area contributed by atoms with Crippen LogP contribution < -0.4 is 0 Å². The number of aryl methyl sites for hydroxylation is 1. The molecule has 1 aromatic rings. The molecule has 0 N–H and O–H groups in total. The predicted octanol–water partition coefficient (Wildman–Crippen LogP) is 2.70. The summed E-state index contributed by atoms with van der Waals surface area (Å²) in [6, 6.07) is 8.12. The van der Waals surface area contributed by atoms with Crippen molar-refractivity contribution < 1.29 is 14.3 Å². The van der Waals surface area contributed by atoms with Crippen molar-refractivity contribution in [1.29, 1.82) is 0 Å². The fourth-order valence-electron chi connectivity index (χ4n) is 2.30. The monoisotopic (exact) mass is 246 g/mol. The van der Waals surface area contributed by atoms with Gasteiger partial charge in [0.15, 0.2) is 6.10 Å². The number of ether oxygens (including phenoxy) is 2. The average molecular weight is 246 g/mol. The average Bonchev–Trinajstić information content (AvgIpc) is 2.98. The van der Waals surface area contributed by atoms with Crippen molar-refractivity contribution in [1.82, 2.24) is 0 Å². The van der Waals surface area contributed by atoms with Crippen LogP contribution in [0.25, 0.3) is 0 Å². The first-order chi connectivity index (χ1) is 8.59. The van der Waals surface area contributed by atoms with Crippen molar-refractivity contribution in [2.45, 2.75) is 50.9 Å². The second kappa shape index (κ2) is 4.09. The number of esters is 1. The maximum Gasteiger partial charge on any atom is 0.338 e. The molecule has 1 aromatic carbocycles. The molecule has 0 aromatic heterocycles. The summed E-state index contributed by atoms with van der Waals surface area (Å²) < 4.78 is 11.0. The third kappa shape index (κ3) is 1.93. The van der Waals surface area contributed by atoms with Crippen LogP contribution in [0.3, 0.4) is 0 Å².